The van der Waals surface area contributed by atoms with Gasteiger partial charge in [-0.2, -0.15) is 0 Å². The van der Waals surface area contributed by atoms with E-state index in [9.17, 15) is 0 Å². The number of rotatable bonds is 6. The Labute approximate surface area is 103 Å². The van der Waals surface area contributed by atoms with Crippen molar-refractivity contribution in [3.05, 3.63) is 0 Å². The zero-order valence-corrected chi connectivity index (χ0v) is 10.3. The maximum atomic E-state index is 5.85. The van der Waals surface area contributed by atoms with Crippen molar-refractivity contribution in [2.24, 2.45) is 11.8 Å². The molecule has 3 fully saturated rings. The van der Waals surface area contributed by atoms with Crippen LogP contribution >= 0.6 is 0 Å². The van der Waals surface area contributed by atoms with E-state index in [1.54, 1.807) is 0 Å². The molecule has 0 amide bonds. The lowest BCUT2D eigenvalue weighted by atomic mass is 10.0. The zero-order valence-electron chi connectivity index (χ0n) is 10.3. The van der Waals surface area contributed by atoms with Gasteiger partial charge in [0, 0.05) is 5.92 Å². The molecular formula is C13H22O4. The molecule has 2 heterocycles. The highest BCUT2D eigenvalue weighted by Crippen LogP contribution is 2.33. The van der Waals surface area contributed by atoms with Crippen LogP contribution in [0.1, 0.15) is 32.1 Å². The molecule has 0 aromatic heterocycles. The molecule has 3 aliphatic rings. The van der Waals surface area contributed by atoms with Crippen molar-refractivity contribution in [3.8, 4) is 0 Å². The van der Waals surface area contributed by atoms with Gasteiger partial charge in [-0.15, -0.1) is 0 Å². The Kier molecular flexibility index (Phi) is 3.96. The number of hydrogen-bond acceptors (Lipinski definition) is 4. The minimum absolute atomic E-state index is 0.0136. The summed E-state index contributed by atoms with van der Waals surface area (Å²) in [5.41, 5.74) is 0. The second-order valence-corrected chi connectivity index (χ2v) is 5.31. The van der Waals surface area contributed by atoms with Gasteiger partial charge >= 0.3 is 0 Å². The van der Waals surface area contributed by atoms with Crippen LogP contribution in [0.4, 0.5) is 0 Å². The third kappa shape index (κ3) is 3.41. The number of hydrogen-bond donors (Lipinski definition) is 0. The second kappa shape index (κ2) is 5.65. The fraction of sp³-hybridized carbons (Fsp3) is 1.00. The molecule has 1 aliphatic carbocycles. The summed E-state index contributed by atoms with van der Waals surface area (Å²) in [4.78, 5) is 0. The molecule has 4 heteroatoms. The van der Waals surface area contributed by atoms with Gasteiger partial charge in [-0.05, 0) is 38.0 Å². The van der Waals surface area contributed by atoms with Crippen LogP contribution in [-0.4, -0.2) is 39.0 Å². The third-order valence-corrected chi connectivity index (χ3v) is 3.81. The molecule has 2 aliphatic heterocycles. The van der Waals surface area contributed by atoms with Gasteiger partial charge in [0.05, 0.1) is 26.4 Å². The lowest BCUT2D eigenvalue weighted by Crippen LogP contribution is -2.22. The minimum atomic E-state index is 0.0136. The molecule has 0 spiro atoms. The van der Waals surface area contributed by atoms with E-state index in [0.717, 1.165) is 51.6 Å². The smallest absolute Gasteiger partial charge is 0.160 e. The Bertz CT molecular complexity index is 236. The summed E-state index contributed by atoms with van der Waals surface area (Å²) >= 11 is 0. The average molecular weight is 242 g/mol. The van der Waals surface area contributed by atoms with Gasteiger partial charge in [0.25, 0.3) is 0 Å². The summed E-state index contributed by atoms with van der Waals surface area (Å²) in [5, 5.41) is 0. The summed E-state index contributed by atoms with van der Waals surface area (Å²) < 4.78 is 22.4. The molecule has 3 rings (SSSR count). The molecule has 0 aromatic carbocycles. The highest BCUT2D eigenvalue weighted by atomic mass is 16.7. The Balaban J connectivity index is 1.37. The fourth-order valence-corrected chi connectivity index (χ4v) is 2.51. The van der Waals surface area contributed by atoms with Gasteiger partial charge in [0.15, 0.2) is 12.6 Å². The molecule has 17 heavy (non-hydrogen) atoms. The van der Waals surface area contributed by atoms with Gasteiger partial charge in [-0.1, -0.05) is 0 Å². The molecule has 0 aromatic rings. The summed E-state index contributed by atoms with van der Waals surface area (Å²) in [6, 6.07) is 0. The fourth-order valence-electron chi connectivity index (χ4n) is 2.51. The third-order valence-electron chi connectivity index (χ3n) is 3.81. The molecule has 0 bridgehead atoms. The van der Waals surface area contributed by atoms with Crippen LogP contribution < -0.4 is 0 Å². The van der Waals surface area contributed by atoms with Gasteiger partial charge in [-0.3, -0.25) is 0 Å². The predicted octanol–water partition coefficient (Wildman–Crippen LogP) is 1.93. The largest absolute Gasteiger partial charge is 0.352 e. The first-order chi connectivity index (χ1) is 8.42. The quantitative estimate of drug-likeness (QED) is 0.713. The van der Waals surface area contributed by atoms with Crippen molar-refractivity contribution < 1.29 is 18.9 Å². The van der Waals surface area contributed by atoms with E-state index in [1.165, 1.54) is 12.8 Å². The lowest BCUT2D eigenvalue weighted by Gasteiger charge is -2.20. The standard InChI is InChI=1S/C13H22O4/c1-2-10(1)9-17-13-11(5-6-16-13)3-4-12-14-7-8-15-12/h10-13H,1-9H2/t11-,13+/m1/s1. The molecule has 4 nitrogen and oxygen atoms in total. The van der Waals surface area contributed by atoms with Gasteiger partial charge in [-0.25, -0.2) is 0 Å². The lowest BCUT2D eigenvalue weighted by molar-refractivity contribution is -0.138. The van der Waals surface area contributed by atoms with Gasteiger partial charge < -0.3 is 18.9 Å². The van der Waals surface area contributed by atoms with E-state index in [2.05, 4.69) is 0 Å². The summed E-state index contributed by atoms with van der Waals surface area (Å²) in [5.74, 6) is 1.34. The van der Waals surface area contributed by atoms with Crippen molar-refractivity contribution in [1.29, 1.82) is 0 Å². The summed E-state index contributed by atoms with van der Waals surface area (Å²) in [6.45, 7) is 3.21. The highest BCUT2D eigenvalue weighted by molar-refractivity contribution is 4.75. The van der Waals surface area contributed by atoms with Crippen molar-refractivity contribution in [2.45, 2.75) is 44.7 Å². The molecule has 98 valence electrons. The molecule has 2 atom stereocenters. The van der Waals surface area contributed by atoms with Crippen molar-refractivity contribution in [3.63, 3.8) is 0 Å². The normalized spacial score (nSPS) is 34.6. The average Bonchev–Trinajstić information content (AvgIpc) is 2.86. The van der Waals surface area contributed by atoms with Crippen LogP contribution in [0.25, 0.3) is 0 Å². The monoisotopic (exact) mass is 242 g/mol. The molecular weight excluding hydrogens is 220 g/mol. The van der Waals surface area contributed by atoms with Crippen LogP contribution in [0.5, 0.6) is 0 Å². The Morgan fingerprint density at radius 2 is 1.71 bits per heavy atom. The van der Waals surface area contributed by atoms with Gasteiger partial charge in [0.1, 0.15) is 0 Å². The maximum absolute atomic E-state index is 5.85. The summed E-state index contributed by atoms with van der Waals surface area (Å²) in [6.07, 6.45) is 5.87. The minimum Gasteiger partial charge on any atom is -0.352 e. The maximum Gasteiger partial charge on any atom is 0.160 e. The van der Waals surface area contributed by atoms with Crippen LogP contribution in [0.2, 0.25) is 0 Å². The molecule has 0 N–H and O–H groups in total. The first-order valence-corrected chi connectivity index (χ1v) is 6.88. The first kappa shape index (κ1) is 11.9. The van der Waals surface area contributed by atoms with Crippen LogP contribution in [0, 0.1) is 11.8 Å². The number of ether oxygens (including phenoxy) is 4. The first-order valence-electron chi connectivity index (χ1n) is 6.88. The van der Waals surface area contributed by atoms with Crippen molar-refractivity contribution >= 4 is 0 Å². The summed E-state index contributed by atoms with van der Waals surface area (Å²) in [7, 11) is 0. The van der Waals surface area contributed by atoms with Crippen molar-refractivity contribution in [1.82, 2.24) is 0 Å². The van der Waals surface area contributed by atoms with E-state index in [1.807, 2.05) is 0 Å². The Morgan fingerprint density at radius 1 is 0.882 bits per heavy atom. The van der Waals surface area contributed by atoms with Crippen LogP contribution in [-0.2, 0) is 18.9 Å². The topological polar surface area (TPSA) is 36.9 Å². The predicted molar refractivity (Wildman–Crippen MR) is 61.4 cm³/mol. The zero-order chi connectivity index (χ0) is 11.5. The van der Waals surface area contributed by atoms with Gasteiger partial charge in [0.2, 0.25) is 0 Å². The van der Waals surface area contributed by atoms with E-state index in [0.29, 0.717) is 5.92 Å². The van der Waals surface area contributed by atoms with E-state index in [4.69, 9.17) is 18.9 Å². The molecule has 2 saturated heterocycles. The van der Waals surface area contributed by atoms with E-state index < -0.39 is 0 Å². The Morgan fingerprint density at radius 3 is 2.47 bits per heavy atom. The highest BCUT2D eigenvalue weighted by Gasteiger charge is 2.32. The second-order valence-electron chi connectivity index (χ2n) is 5.31. The Hall–Kier alpha value is -0.160. The SMILES string of the molecule is C1COC(CC[C@@H]2CCO[C@H]2OCC2CC2)O1. The van der Waals surface area contributed by atoms with E-state index in [-0.39, 0.29) is 12.6 Å². The van der Waals surface area contributed by atoms with Crippen LogP contribution in [0.15, 0.2) is 0 Å². The molecule has 0 unspecified atom stereocenters. The van der Waals surface area contributed by atoms with E-state index >= 15 is 0 Å². The molecule has 0 radical (unpaired) electrons. The van der Waals surface area contributed by atoms with Crippen molar-refractivity contribution in [2.75, 3.05) is 26.4 Å². The van der Waals surface area contributed by atoms with Crippen LogP contribution in [0.3, 0.4) is 0 Å². The molecule has 1 saturated carbocycles.